The van der Waals surface area contributed by atoms with Gasteiger partial charge in [-0.25, -0.2) is 0 Å². The number of rotatable bonds is 1. The molecule has 0 aromatic heterocycles. The van der Waals surface area contributed by atoms with Gasteiger partial charge in [0.15, 0.2) is 17.1 Å². The first-order valence-corrected chi connectivity index (χ1v) is 6.04. The summed E-state index contributed by atoms with van der Waals surface area (Å²) in [4.78, 5) is 12.5. The smallest absolute Gasteiger partial charge is 0.210 e. The fraction of sp³-hybridized carbons (Fsp3) is 0.133. The monoisotopic (exact) mass is 272 g/mol. The third-order valence-corrected chi connectivity index (χ3v) is 3.41. The molecule has 102 valence electrons. The van der Waals surface area contributed by atoms with Gasteiger partial charge in [-0.1, -0.05) is 30.3 Å². The number of phenolic OH excluding ortho intramolecular Hbond substituents is 2. The summed E-state index contributed by atoms with van der Waals surface area (Å²) in [7, 11) is 0. The normalized spacial score (nSPS) is 21.1. The van der Waals surface area contributed by atoms with Gasteiger partial charge < -0.3 is 20.1 Å². The molecule has 1 atom stereocenters. The molecule has 20 heavy (non-hydrogen) atoms. The van der Waals surface area contributed by atoms with Crippen LogP contribution in [0.2, 0.25) is 0 Å². The highest BCUT2D eigenvalue weighted by Gasteiger charge is 2.45. The zero-order valence-corrected chi connectivity index (χ0v) is 10.4. The molecule has 3 rings (SSSR count). The molecule has 0 fully saturated rings. The van der Waals surface area contributed by atoms with Crippen LogP contribution in [0.5, 0.6) is 17.2 Å². The minimum Gasteiger partial charge on any atom is -0.504 e. The number of aromatic hydroxyl groups is 2. The maximum Gasteiger partial charge on any atom is 0.210 e. The maximum absolute atomic E-state index is 12.5. The number of hydrogen-bond donors (Lipinski definition) is 3. The number of ether oxygens (including phenoxy) is 1. The summed E-state index contributed by atoms with van der Waals surface area (Å²) in [6.45, 7) is -0.243. The van der Waals surface area contributed by atoms with Gasteiger partial charge in [-0.3, -0.25) is 4.79 Å². The van der Waals surface area contributed by atoms with Crippen molar-refractivity contribution in [3.8, 4) is 17.2 Å². The van der Waals surface area contributed by atoms with Gasteiger partial charge in [0.1, 0.15) is 17.9 Å². The Bertz CT molecular complexity index is 680. The van der Waals surface area contributed by atoms with E-state index in [2.05, 4.69) is 0 Å². The van der Waals surface area contributed by atoms with Gasteiger partial charge >= 0.3 is 0 Å². The number of aliphatic hydroxyl groups is 1. The number of ketones is 1. The average Bonchev–Trinajstić information content (AvgIpc) is 2.47. The van der Waals surface area contributed by atoms with E-state index in [4.69, 9.17) is 4.74 Å². The zero-order valence-electron chi connectivity index (χ0n) is 10.4. The van der Waals surface area contributed by atoms with Crippen LogP contribution in [0.3, 0.4) is 0 Å². The van der Waals surface area contributed by atoms with E-state index in [0.717, 1.165) is 0 Å². The Morgan fingerprint density at radius 3 is 2.45 bits per heavy atom. The second-order valence-electron chi connectivity index (χ2n) is 4.65. The van der Waals surface area contributed by atoms with E-state index < -0.39 is 22.9 Å². The Hall–Kier alpha value is -2.53. The van der Waals surface area contributed by atoms with Gasteiger partial charge in [0.05, 0.1) is 0 Å². The van der Waals surface area contributed by atoms with Gasteiger partial charge in [0.2, 0.25) is 5.78 Å². The van der Waals surface area contributed by atoms with E-state index in [0.29, 0.717) is 5.56 Å². The average molecular weight is 272 g/mol. The highest BCUT2D eigenvalue weighted by molar-refractivity contribution is 6.08. The predicted molar refractivity (Wildman–Crippen MR) is 69.9 cm³/mol. The molecule has 2 aromatic carbocycles. The van der Waals surface area contributed by atoms with Crippen molar-refractivity contribution < 1.29 is 24.9 Å². The van der Waals surface area contributed by atoms with E-state index in [1.165, 1.54) is 12.1 Å². The lowest BCUT2D eigenvalue weighted by Gasteiger charge is -2.32. The summed E-state index contributed by atoms with van der Waals surface area (Å²) in [5, 5.41) is 29.9. The van der Waals surface area contributed by atoms with Gasteiger partial charge in [-0.15, -0.1) is 0 Å². The molecule has 5 heteroatoms. The van der Waals surface area contributed by atoms with Crippen LogP contribution >= 0.6 is 0 Å². The summed E-state index contributed by atoms with van der Waals surface area (Å²) in [6.07, 6.45) is 0. The Morgan fingerprint density at radius 1 is 1.05 bits per heavy atom. The lowest BCUT2D eigenvalue weighted by Crippen LogP contribution is -2.44. The number of Topliss-reactive ketones (excluding diaryl/α,β-unsaturated/α-hetero) is 1. The van der Waals surface area contributed by atoms with Crippen molar-refractivity contribution in [1.29, 1.82) is 0 Å². The van der Waals surface area contributed by atoms with Crippen molar-refractivity contribution in [2.75, 3.05) is 6.61 Å². The third-order valence-electron chi connectivity index (χ3n) is 3.41. The van der Waals surface area contributed by atoms with Crippen LogP contribution in [0, 0.1) is 0 Å². The molecule has 1 aliphatic rings. The van der Waals surface area contributed by atoms with E-state index >= 15 is 0 Å². The van der Waals surface area contributed by atoms with Crippen molar-refractivity contribution in [2.45, 2.75) is 5.60 Å². The standard InChI is InChI=1S/C15H12O5/c16-10-6-7-11-12(13(10)17)14(18)15(19,8-20-11)9-4-2-1-3-5-9/h1-7,16-17,19H,8H2. The van der Waals surface area contributed by atoms with Gasteiger partial charge in [-0.2, -0.15) is 0 Å². The van der Waals surface area contributed by atoms with Crippen LogP contribution in [0.25, 0.3) is 0 Å². The molecule has 0 saturated heterocycles. The number of hydrogen-bond acceptors (Lipinski definition) is 5. The van der Waals surface area contributed by atoms with Crippen LogP contribution in [0.1, 0.15) is 15.9 Å². The minimum absolute atomic E-state index is 0.144. The second-order valence-corrected chi connectivity index (χ2v) is 4.65. The summed E-state index contributed by atoms with van der Waals surface area (Å²) >= 11 is 0. The van der Waals surface area contributed by atoms with Crippen molar-refractivity contribution in [3.63, 3.8) is 0 Å². The Labute approximate surface area is 114 Å². The van der Waals surface area contributed by atoms with E-state index in [-0.39, 0.29) is 17.9 Å². The Kier molecular flexibility index (Phi) is 2.65. The lowest BCUT2D eigenvalue weighted by molar-refractivity contribution is -0.00552. The van der Waals surface area contributed by atoms with Crippen LogP contribution in [0.4, 0.5) is 0 Å². The molecular weight excluding hydrogens is 260 g/mol. The van der Waals surface area contributed by atoms with Gasteiger partial charge in [0, 0.05) is 0 Å². The van der Waals surface area contributed by atoms with Gasteiger partial charge in [0.25, 0.3) is 0 Å². The molecule has 1 heterocycles. The lowest BCUT2D eigenvalue weighted by atomic mass is 9.84. The first kappa shape index (κ1) is 12.5. The number of fused-ring (bicyclic) bond motifs is 1. The fourth-order valence-electron chi connectivity index (χ4n) is 2.28. The summed E-state index contributed by atoms with van der Waals surface area (Å²) in [5.74, 6) is -1.57. The molecular formula is C15H12O5. The fourth-order valence-corrected chi connectivity index (χ4v) is 2.28. The third kappa shape index (κ3) is 1.64. The highest BCUT2D eigenvalue weighted by Crippen LogP contribution is 2.43. The molecule has 1 unspecified atom stereocenters. The largest absolute Gasteiger partial charge is 0.504 e. The van der Waals surface area contributed by atoms with E-state index in [9.17, 15) is 20.1 Å². The molecule has 0 aliphatic carbocycles. The Morgan fingerprint density at radius 2 is 1.75 bits per heavy atom. The topological polar surface area (TPSA) is 87.0 Å². The molecule has 1 aliphatic heterocycles. The summed E-state index contributed by atoms with van der Waals surface area (Å²) < 4.78 is 5.36. The van der Waals surface area contributed by atoms with Crippen molar-refractivity contribution in [2.24, 2.45) is 0 Å². The first-order valence-electron chi connectivity index (χ1n) is 6.04. The molecule has 5 nitrogen and oxygen atoms in total. The molecule has 0 amide bonds. The summed E-state index contributed by atoms with van der Waals surface area (Å²) in [5.41, 5.74) is -1.71. The Balaban J connectivity index is 2.16. The number of carbonyl (C=O) groups excluding carboxylic acids is 1. The molecule has 0 saturated carbocycles. The zero-order chi connectivity index (χ0) is 14.3. The van der Waals surface area contributed by atoms with Crippen LogP contribution in [-0.4, -0.2) is 27.7 Å². The molecule has 0 bridgehead atoms. The summed E-state index contributed by atoms with van der Waals surface area (Å²) in [6, 6.07) is 11.0. The molecule has 0 spiro atoms. The van der Waals surface area contributed by atoms with Crippen LogP contribution < -0.4 is 4.74 Å². The number of carbonyl (C=O) groups is 1. The number of benzene rings is 2. The highest BCUT2D eigenvalue weighted by atomic mass is 16.5. The predicted octanol–water partition coefficient (Wildman–Crippen LogP) is 1.56. The van der Waals surface area contributed by atoms with E-state index in [1.807, 2.05) is 0 Å². The molecule has 2 aromatic rings. The van der Waals surface area contributed by atoms with Crippen LogP contribution in [0.15, 0.2) is 42.5 Å². The SMILES string of the molecule is O=C1c2c(ccc(O)c2O)OCC1(O)c1ccccc1. The maximum atomic E-state index is 12.5. The van der Waals surface area contributed by atoms with Crippen LogP contribution in [-0.2, 0) is 5.60 Å². The second kappa shape index (κ2) is 4.25. The molecule has 3 N–H and O–H groups in total. The van der Waals surface area contributed by atoms with Gasteiger partial charge in [-0.05, 0) is 17.7 Å². The molecule has 0 radical (unpaired) electrons. The van der Waals surface area contributed by atoms with Crippen molar-refractivity contribution >= 4 is 5.78 Å². The quantitative estimate of drug-likeness (QED) is 0.686. The van der Waals surface area contributed by atoms with E-state index in [1.54, 1.807) is 30.3 Å². The minimum atomic E-state index is -1.88. The number of phenols is 2. The van der Waals surface area contributed by atoms with Crippen molar-refractivity contribution in [3.05, 3.63) is 53.6 Å². The first-order chi connectivity index (χ1) is 9.54. The van der Waals surface area contributed by atoms with Crippen molar-refractivity contribution in [1.82, 2.24) is 0 Å².